The van der Waals surface area contributed by atoms with Crippen LogP contribution >= 0.6 is 11.5 Å². The normalized spacial score (nSPS) is 10.6. The average molecular weight is 263 g/mol. The van der Waals surface area contributed by atoms with Crippen LogP contribution in [0.1, 0.15) is 24.7 Å². The summed E-state index contributed by atoms with van der Waals surface area (Å²) in [5.41, 5.74) is 1.19. The first-order valence-electron chi connectivity index (χ1n) is 6.05. The number of benzene rings is 1. The predicted octanol–water partition coefficient (Wildman–Crippen LogP) is 3.00. The molecule has 2 aromatic rings. The third-order valence-corrected chi connectivity index (χ3v) is 3.04. The molecule has 0 saturated heterocycles. The number of hydrogen-bond acceptors (Lipinski definition) is 5. The second-order valence-corrected chi connectivity index (χ2v) is 4.72. The van der Waals surface area contributed by atoms with Gasteiger partial charge in [-0.25, -0.2) is 0 Å². The van der Waals surface area contributed by atoms with Gasteiger partial charge in [-0.3, -0.25) is 0 Å². The lowest BCUT2D eigenvalue weighted by Gasteiger charge is -2.04. The Bertz CT molecular complexity index is 498. The molecule has 0 fully saturated rings. The van der Waals surface area contributed by atoms with Gasteiger partial charge in [0.05, 0.1) is 0 Å². The Morgan fingerprint density at radius 2 is 2.28 bits per heavy atom. The van der Waals surface area contributed by atoms with E-state index in [1.165, 1.54) is 17.1 Å². The molecule has 0 spiro atoms. The van der Waals surface area contributed by atoms with Crippen molar-refractivity contribution in [2.24, 2.45) is 0 Å². The third kappa shape index (κ3) is 3.51. The number of ether oxygens (including phenoxy) is 1. The molecule has 0 amide bonds. The number of nitrogens with zero attached hydrogens (tertiary/aromatic N) is 2. The van der Waals surface area contributed by atoms with E-state index in [1.54, 1.807) is 0 Å². The van der Waals surface area contributed by atoms with Gasteiger partial charge in [0.2, 0.25) is 0 Å². The summed E-state index contributed by atoms with van der Waals surface area (Å²) in [4.78, 5) is 4.34. The van der Waals surface area contributed by atoms with Gasteiger partial charge in [0, 0.05) is 24.5 Å². The quantitative estimate of drug-likeness (QED) is 0.870. The Balaban J connectivity index is 2.05. The molecule has 96 valence electrons. The Morgan fingerprint density at radius 1 is 1.39 bits per heavy atom. The molecule has 0 radical (unpaired) electrons. The molecule has 0 aliphatic carbocycles. The molecule has 0 aliphatic rings. The van der Waals surface area contributed by atoms with Gasteiger partial charge in [-0.2, -0.15) is 9.36 Å². The summed E-state index contributed by atoms with van der Waals surface area (Å²) in [5, 5.41) is 3.73. The summed E-state index contributed by atoms with van der Waals surface area (Å²) in [7, 11) is 1.93. The third-order valence-electron chi connectivity index (χ3n) is 2.41. The predicted molar refractivity (Wildman–Crippen MR) is 73.2 cm³/mol. The molecule has 18 heavy (non-hydrogen) atoms. The Hall–Kier alpha value is -1.46. The minimum Gasteiger partial charge on any atom is -0.430 e. The maximum absolute atomic E-state index is 5.71. The van der Waals surface area contributed by atoms with Gasteiger partial charge in [0.25, 0.3) is 5.19 Å². The molecular formula is C13H17N3OS. The molecule has 1 aromatic carbocycles. The van der Waals surface area contributed by atoms with Gasteiger partial charge in [-0.05, 0) is 31.2 Å². The first-order chi connectivity index (χ1) is 8.81. The van der Waals surface area contributed by atoms with Crippen molar-refractivity contribution in [1.82, 2.24) is 14.7 Å². The van der Waals surface area contributed by atoms with Crippen molar-refractivity contribution in [3.05, 3.63) is 35.7 Å². The minimum atomic E-state index is 0.611. The van der Waals surface area contributed by atoms with Crippen LogP contribution in [0, 0.1) is 0 Å². The van der Waals surface area contributed by atoms with Crippen LogP contribution < -0.4 is 10.1 Å². The molecule has 1 heterocycles. The van der Waals surface area contributed by atoms with Gasteiger partial charge >= 0.3 is 0 Å². The molecule has 0 bridgehead atoms. The monoisotopic (exact) mass is 263 g/mol. The van der Waals surface area contributed by atoms with Crippen molar-refractivity contribution >= 4 is 11.5 Å². The summed E-state index contributed by atoms with van der Waals surface area (Å²) in [6, 6.07) is 7.99. The lowest BCUT2D eigenvalue weighted by molar-refractivity contribution is 0.476. The lowest BCUT2D eigenvalue weighted by Crippen LogP contribution is -2.04. The van der Waals surface area contributed by atoms with Crippen LogP contribution in [0.5, 0.6) is 10.9 Å². The Labute approximate surface area is 111 Å². The summed E-state index contributed by atoms with van der Waals surface area (Å²) >= 11 is 1.30. The van der Waals surface area contributed by atoms with Crippen LogP contribution in [0.3, 0.4) is 0 Å². The molecule has 2 rings (SSSR count). The molecule has 0 unspecified atom stereocenters. The first-order valence-corrected chi connectivity index (χ1v) is 6.83. The summed E-state index contributed by atoms with van der Waals surface area (Å²) in [6.45, 7) is 2.94. The van der Waals surface area contributed by atoms with E-state index in [4.69, 9.17) is 4.74 Å². The van der Waals surface area contributed by atoms with Crippen LogP contribution in [0.15, 0.2) is 24.3 Å². The van der Waals surface area contributed by atoms with Crippen molar-refractivity contribution in [3.8, 4) is 10.9 Å². The Morgan fingerprint density at radius 3 is 3.06 bits per heavy atom. The smallest absolute Gasteiger partial charge is 0.298 e. The summed E-state index contributed by atoms with van der Waals surface area (Å²) < 4.78 is 9.96. The average Bonchev–Trinajstić information content (AvgIpc) is 2.78. The fourth-order valence-electron chi connectivity index (χ4n) is 1.63. The first kappa shape index (κ1) is 13.0. The van der Waals surface area contributed by atoms with E-state index in [0.29, 0.717) is 5.19 Å². The molecule has 1 N–H and O–H groups in total. The lowest BCUT2D eigenvalue weighted by atomic mass is 10.2. The fraction of sp³-hybridized carbons (Fsp3) is 0.385. The highest BCUT2D eigenvalue weighted by atomic mass is 32.1. The van der Waals surface area contributed by atoms with Crippen molar-refractivity contribution in [1.29, 1.82) is 0 Å². The standard InChI is InChI=1S/C13H17N3OS/c1-3-5-12-15-13(18-16-12)17-11-7-4-6-10(8-11)9-14-2/h4,6-8,14H,3,5,9H2,1-2H3. The van der Waals surface area contributed by atoms with E-state index in [1.807, 2.05) is 25.2 Å². The van der Waals surface area contributed by atoms with Crippen molar-refractivity contribution in [2.45, 2.75) is 26.3 Å². The van der Waals surface area contributed by atoms with E-state index >= 15 is 0 Å². The summed E-state index contributed by atoms with van der Waals surface area (Å²) in [5.74, 6) is 1.67. The van der Waals surface area contributed by atoms with Crippen molar-refractivity contribution in [3.63, 3.8) is 0 Å². The number of rotatable bonds is 6. The second-order valence-electron chi connectivity index (χ2n) is 4.01. The highest BCUT2D eigenvalue weighted by Crippen LogP contribution is 2.24. The number of hydrogen-bond donors (Lipinski definition) is 1. The van der Waals surface area contributed by atoms with E-state index in [9.17, 15) is 0 Å². The zero-order chi connectivity index (χ0) is 12.8. The van der Waals surface area contributed by atoms with Crippen molar-refractivity contribution in [2.75, 3.05) is 7.05 Å². The molecule has 0 saturated carbocycles. The number of nitrogens with one attached hydrogen (secondary N) is 1. The number of aryl methyl sites for hydroxylation is 1. The number of aromatic nitrogens is 2. The zero-order valence-corrected chi connectivity index (χ0v) is 11.5. The van der Waals surface area contributed by atoms with Gasteiger partial charge < -0.3 is 10.1 Å². The maximum Gasteiger partial charge on any atom is 0.298 e. The molecule has 4 nitrogen and oxygen atoms in total. The van der Waals surface area contributed by atoms with Gasteiger partial charge in [-0.15, -0.1) is 0 Å². The van der Waals surface area contributed by atoms with Gasteiger partial charge in [0.1, 0.15) is 11.6 Å². The van der Waals surface area contributed by atoms with E-state index in [-0.39, 0.29) is 0 Å². The maximum atomic E-state index is 5.71. The van der Waals surface area contributed by atoms with Crippen LogP contribution in [0.25, 0.3) is 0 Å². The van der Waals surface area contributed by atoms with Crippen LogP contribution in [0.4, 0.5) is 0 Å². The minimum absolute atomic E-state index is 0.611. The topological polar surface area (TPSA) is 47.0 Å². The molecule has 1 aromatic heterocycles. The van der Waals surface area contributed by atoms with E-state index in [0.717, 1.165) is 31.0 Å². The second kappa shape index (κ2) is 6.47. The highest BCUT2D eigenvalue weighted by Gasteiger charge is 2.05. The summed E-state index contributed by atoms with van der Waals surface area (Å²) in [6.07, 6.45) is 1.95. The van der Waals surface area contributed by atoms with E-state index < -0.39 is 0 Å². The van der Waals surface area contributed by atoms with Gasteiger partial charge in [-0.1, -0.05) is 19.1 Å². The Kier molecular flexibility index (Phi) is 4.66. The van der Waals surface area contributed by atoms with Crippen molar-refractivity contribution < 1.29 is 4.74 Å². The molecular weight excluding hydrogens is 246 g/mol. The van der Waals surface area contributed by atoms with Crippen LogP contribution in [-0.2, 0) is 13.0 Å². The fourth-order valence-corrected chi connectivity index (χ4v) is 2.22. The molecule has 0 aliphatic heterocycles. The van der Waals surface area contributed by atoms with E-state index in [2.05, 4.69) is 27.7 Å². The molecule has 5 heteroatoms. The van der Waals surface area contributed by atoms with Crippen LogP contribution in [0.2, 0.25) is 0 Å². The van der Waals surface area contributed by atoms with Crippen LogP contribution in [-0.4, -0.2) is 16.4 Å². The van der Waals surface area contributed by atoms with Gasteiger partial charge in [0.15, 0.2) is 0 Å². The zero-order valence-electron chi connectivity index (χ0n) is 10.6. The molecule has 0 atom stereocenters. The largest absolute Gasteiger partial charge is 0.430 e. The SMILES string of the molecule is CCCc1nsc(Oc2cccc(CNC)c2)n1. The highest BCUT2D eigenvalue weighted by molar-refractivity contribution is 7.07.